The van der Waals surface area contributed by atoms with Crippen LogP contribution in [0.1, 0.15) is 12.0 Å². The summed E-state index contributed by atoms with van der Waals surface area (Å²) >= 11 is 0. The molecule has 1 heterocycles. The molecule has 0 spiro atoms. The number of morpholine rings is 1. The SMILES string of the molecule is N#CCCN(CCN1CCOCC1)S(=O)(=O)c1ccccc1C(F)(F)F. The molecule has 0 bridgehead atoms. The number of hydrogen-bond donors (Lipinski definition) is 0. The molecule has 0 aliphatic carbocycles. The van der Waals surface area contributed by atoms with Gasteiger partial charge in [-0.2, -0.15) is 22.7 Å². The molecule has 1 aromatic carbocycles. The van der Waals surface area contributed by atoms with Gasteiger partial charge in [-0.3, -0.25) is 4.90 Å². The Kier molecular flexibility index (Phi) is 7.00. The monoisotopic (exact) mass is 391 g/mol. The van der Waals surface area contributed by atoms with Crippen molar-refractivity contribution in [3.8, 4) is 6.07 Å². The third-order valence-corrected chi connectivity index (χ3v) is 6.01. The Labute approximate surface area is 150 Å². The van der Waals surface area contributed by atoms with Crippen molar-refractivity contribution in [2.75, 3.05) is 45.9 Å². The lowest BCUT2D eigenvalue weighted by molar-refractivity contribution is -0.139. The fraction of sp³-hybridized carbons (Fsp3) is 0.562. The molecule has 0 radical (unpaired) electrons. The van der Waals surface area contributed by atoms with Crippen LogP contribution in [0.5, 0.6) is 0 Å². The van der Waals surface area contributed by atoms with Gasteiger partial charge in [0.15, 0.2) is 0 Å². The third kappa shape index (κ3) is 5.17. The van der Waals surface area contributed by atoms with E-state index in [1.165, 1.54) is 6.07 Å². The Bertz CT molecular complexity index is 741. The number of hydrogen-bond acceptors (Lipinski definition) is 5. The minimum absolute atomic E-state index is 0.0101. The summed E-state index contributed by atoms with van der Waals surface area (Å²) in [6.07, 6.45) is -4.88. The topological polar surface area (TPSA) is 73.6 Å². The van der Waals surface area contributed by atoms with Crippen LogP contribution in [-0.4, -0.2) is 63.6 Å². The average Bonchev–Trinajstić information content (AvgIpc) is 2.61. The highest BCUT2D eigenvalue weighted by molar-refractivity contribution is 7.89. The molecule has 0 amide bonds. The second kappa shape index (κ2) is 8.81. The van der Waals surface area contributed by atoms with Crippen LogP contribution in [0.25, 0.3) is 0 Å². The smallest absolute Gasteiger partial charge is 0.379 e. The van der Waals surface area contributed by atoms with Gasteiger partial charge in [-0.1, -0.05) is 12.1 Å². The standard InChI is InChI=1S/C16H20F3N3O3S/c17-16(18,19)14-4-1-2-5-15(14)26(23,24)22(7-3-6-20)9-8-21-10-12-25-13-11-21/h1-2,4-5H,3,7-13H2. The maximum atomic E-state index is 13.2. The molecule has 2 rings (SSSR count). The second-order valence-electron chi connectivity index (χ2n) is 5.76. The van der Waals surface area contributed by atoms with Gasteiger partial charge in [0.05, 0.1) is 29.7 Å². The van der Waals surface area contributed by atoms with Gasteiger partial charge in [-0.25, -0.2) is 8.42 Å². The van der Waals surface area contributed by atoms with Crippen molar-refractivity contribution in [3.05, 3.63) is 29.8 Å². The molecule has 0 N–H and O–H groups in total. The highest BCUT2D eigenvalue weighted by atomic mass is 32.2. The average molecular weight is 391 g/mol. The molecule has 0 aromatic heterocycles. The van der Waals surface area contributed by atoms with E-state index >= 15 is 0 Å². The molecule has 0 saturated carbocycles. The zero-order valence-electron chi connectivity index (χ0n) is 14.1. The highest BCUT2D eigenvalue weighted by Crippen LogP contribution is 2.35. The Hall–Kier alpha value is -1.67. The number of ether oxygens (including phenoxy) is 1. The van der Waals surface area contributed by atoms with E-state index in [0.29, 0.717) is 32.8 Å². The van der Waals surface area contributed by atoms with Gasteiger partial charge in [0.2, 0.25) is 10.0 Å². The minimum Gasteiger partial charge on any atom is -0.379 e. The van der Waals surface area contributed by atoms with E-state index in [9.17, 15) is 21.6 Å². The first kappa shape index (κ1) is 20.6. The van der Waals surface area contributed by atoms with Crippen LogP contribution in [-0.2, 0) is 20.9 Å². The van der Waals surface area contributed by atoms with Gasteiger partial charge < -0.3 is 4.74 Å². The fourth-order valence-corrected chi connectivity index (χ4v) is 4.31. The number of nitriles is 1. The Morgan fingerprint density at radius 2 is 1.85 bits per heavy atom. The molecule has 1 saturated heterocycles. The summed E-state index contributed by atoms with van der Waals surface area (Å²) < 4.78 is 71.5. The van der Waals surface area contributed by atoms with Crippen LogP contribution >= 0.6 is 0 Å². The van der Waals surface area contributed by atoms with E-state index < -0.39 is 26.7 Å². The predicted molar refractivity (Wildman–Crippen MR) is 87.7 cm³/mol. The Morgan fingerprint density at radius 3 is 2.46 bits per heavy atom. The van der Waals surface area contributed by atoms with E-state index in [2.05, 4.69) is 0 Å². The first-order valence-corrected chi connectivity index (χ1v) is 9.54. The molecule has 1 aromatic rings. The molecule has 144 valence electrons. The molecular formula is C16H20F3N3O3S. The van der Waals surface area contributed by atoms with Crippen LogP contribution in [0.4, 0.5) is 13.2 Å². The maximum absolute atomic E-state index is 13.2. The van der Waals surface area contributed by atoms with Crippen molar-refractivity contribution >= 4 is 10.0 Å². The zero-order valence-corrected chi connectivity index (χ0v) is 14.9. The fourth-order valence-electron chi connectivity index (χ4n) is 2.67. The molecule has 0 unspecified atom stereocenters. The van der Waals surface area contributed by atoms with Gasteiger partial charge in [-0.05, 0) is 12.1 Å². The van der Waals surface area contributed by atoms with Crippen LogP contribution in [0.15, 0.2) is 29.2 Å². The minimum atomic E-state index is -4.78. The van der Waals surface area contributed by atoms with Gasteiger partial charge in [0, 0.05) is 39.1 Å². The van der Waals surface area contributed by atoms with Crippen LogP contribution < -0.4 is 0 Å². The van der Waals surface area contributed by atoms with Crippen molar-refractivity contribution in [1.82, 2.24) is 9.21 Å². The summed E-state index contributed by atoms with van der Waals surface area (Å²) in [7, 11) is -4.38. The summed E-state index contributed by atoms with van der Waals surface area (Å²) in [5.74, 6) is 0. The van der Waals surface area contributed by atoms with E-state index in [4.69, 9.17) is 10.00 Å². The van der Waals surface area contributed by atoms with Crippen molar-refractivity contribution in [3.63, 3.8) is 0 Å². The number of benzene rings is 1. The molecule has 0 atom stereocenters. The van der Waals surface area contributed by atoms with Gasteiger partial charge in [0.25, 0.3) is 0 Å². The van der Waals surface area contributed by atoms with Crippen molar-refractivity contribution in [2.24, 2.45) is 0 Å². The number of alkyl halides is 3. The molecule has 1 aliphatic rings. The van der Waals surface area contributed by atoms with Crippen LogP contribution in [0, 0.1) is 11.3 Å². The van der Waals surface area contributed by atoms with E-state index in [0.717, 1.165) is 22.5 Å². The summed E-state index contributed by atoms with van der Waals surface area (Å²) in [6.45, 7) is 2.54. The molecule has 26 heavy (non-hydrogen) atoms. The van der Waals surface area contributed by atoms with Gasteiger partial charge in [0.1, 0.15) is 0 Å². The van der Waals surface area contributed by atoms with E-state index in [1.807, 2.05) is 11.0 Å². The van der Waals surface area contributed by atoms with Crippen molar-refractivity contribution in [2.45, 2.75) is 17.5 Å². The zero-order chi connectivity index (χ0) is 19.2. The second-order valence-corrected chi connectivity index (χ2v) is 7.67. The normalized spacial score (nSPS) is 16.6. The largest absolute Gasteiger partial charge is 0.417 e. The molecule has 6 nitrogen and oxygen atoms in total. The lowest BCUT2D eigenvalue weighted by atomic mass is 10.2. The first-order valence-electron chi connectivity index (χ1n) is 8.10. The maximum Gasteiger partial charge on any atom is 0.417 e. The van der Waals surface area contributed by atoms with Crippen molar-refractivity contribution < 1.29 is 26.3 Å². The number of halogens is 3. The summed E-state index contributed by atoms with van der Waals surface area (Å²) in [6, 6.07) is 5.95. The van der Waals surface area contributed by atoms with Crippen LogP contribution in [0.2, 0.25) is 0 Å². The molecule has 10 heteroatoms. The van der Waals surface area contributed by atoms with Gasteiger partial charge >= 0.3 is 6.18 Å². The Balaban J connectivity index is 2.26. The van der Waals surface area contributed by atoms with E-state index in [1.54, 1.807) is 0 Å². The Morgan fingerprint density at radius 1 is 1.19 bits per heavy atom. The quantitative estimate of drug-likeness (QED) is 0.710. The lowest BCUT2D eigenvalue weighted by Crippen LogP contribution is -2.43. The molecule has 1 aliphatic heterocycles. The number of rotatable bonds is 7. The summed E-state index contributed by atoms with van der Waals surface area (Å²) in [5.41, 5.74) is -1.20. The van der Waals surface area contributed by atoms with Crippen molar-refractivity contribution in [1.29, 1.82) is 5.26 Å². The third-order valence-electron chi connectivity index (χ3n) is 4.05. The summed E-state index contributed by atoms with van der Waals surface area (Å²) in [5, 5.41) is 8.77. The number of sulfonamides is 1. The molecular weight excluding hydrogens is 371 g/mol. The first-order chi connectivity index (χ1) is 12.3. The highest BCUT2D eigenvalue weighted by Gasteiger charge is 2.38. The summed E-state index contributed by atoms with van der Waals surface area (Å²) in [4.78, 5) is 1.20. The lowest BCUT2D eigenvalue weighted by Gasteiger charge is -2.29. The van der Waals surface area contributed by atoms with Crippen LogP contribution in [0.3, 0.4) is 0 Å². The number of nitrogens with zero attached hydrogens (tertiary/aromatic N) is 3. The predicted octanol–water partition coefficient (Wildman–Crippen LogP) is 1.94. The van der Waals surface area contributed by atoms with E-state index in [-0.39, 0.29) is 19.5 Å². The van der Waals surface area contributed by atoms with Gasteiger partial charge in [-0.15, -0.1) is 0 Å². The molecule has 1 fully saturated rings.